The molecule has 0 fully saturated rings. The van der Waals surface area contributed by atoms with Crippen LogP contribution in [0.25, 0.3) is 162 Å². The Labute approximate surface area is 788 Å². The van der Waals surface area contributed by atoms with Crippen molar-refractivity contribution in [3.8, 4) is 55.6 Å². The van der Waals surface area contributed by atoms with Crippen molar-refractivity contribution >= 4 is 197 Å². The van der Waals surface area contributed by atoms with E-state index in [1.54, 1.807) is 0 Å². The molecule has 0 N–H and O–H groups in total. The largest absolute Gasteiger partial charge is 0.459 e. The van der Waals surface area contributed by atoms with Crippen LogP contribution in [-0.2, 0) is 10.8 Å². The van der Waals surface area contributed by atoms with Gasteiger partial charge in [0, 0.05) is 120 Å². The van der Waals surface area contributed by atoms with E-state index in [4.69, 9.17) is 17.7 Å². The van der Waals surface area contributed by atoms with Gasteiger partial charge < -0.3 is 37.3 Å². The van der Waals surface area contributed by atoms with Crippen LogP contribution in [0.1, 0.15) is 44.9 Å². The number of para-hydroxylation sites is 9. The molecule has 10 heteroatoms. The van der Waals surface area contributed by atoms with Crippen LogP contribution in [0.4, 0.5) is 68.2 Å². The number of furan rings is 4. The lowest BCUT2D eigenvalue weighted by Crippen LogP contribution is -2.26. The van der Waals surface area contributed by atoms with Gasteiger partial charge in [-0.2, -0.15) is 0 Å². The van der Waals surface area contributed by atoms with E-state index in [1.165, 1.54) is 62.6 Å². The number of rotatable bonds is 13. The van der Waals surface area contributed by atoms with Crippen molar-refractivity contribution in [3.63, 3.8) is 0 Å². The Morgan fingerprint density at radius 1 is 0.191 bits per heavy atom. The van der Waals surface area contributed by atoms with Gasteiger partial charge >= 0.3 is 0 Å². The lowest BCUT2D eigenvalue weighted by atomic mass is 9.73. The fraction of sp³-hybridized carbons (Fsp3) is 0.0159. The predicted molar refractivity (Wildman–Crippen MR) is 563 cm³/mol. The highest BCUT2D eigenvalue weighted by Crippen LogP contribution is 2.69. The van der Waals surface area contributed by atoms with Gasteiger partial charge in [0.2, 0.25) is 0 Å². The average molecular weight is 1770 g/mol. The predicted octanol–water partition coefficient (Wildman–Crippen LogP) is 35.9. The zero-order valence-corrected chi connectivity index (χ0v) is 74.6. The van der Waals surface area contributed by atoms with Crippen LogP contribution in [-0.4, -0.2) is 0 Å². The Morgan fingerprint density at radius 3 is 1.04 bits per heavy atom. The number of hydrogen-bond acceptors (Lipinski definition) is 10. The van der Waals surface area contributed by atoms with E-state index in [1.807, 2.05) is 28.7 Å². The quantitative estimate of drug-likeness (QED) is 0.113. The second-order valence-electron chi connectivity index (χ2n) is 36.2. The molecule has 6 aromatic heterocycles. The highest BCUT2D eigenvalue weighted by molar-refractivity contribution is 7.27. The average Bonchev–Trinajstić information content (AvgIpc) is 1.50. The molecule has 0 aliphatic heterocycles. The van der Waals surface area contributed by atoms with Crippen molar-refractivity contribution in [2.75, 3.05) is 19.6 Å². The molecule has 0 bridgehead atoms. The van der Waals surface area contributed by atoms with E-state index < -0.39 is 10.8 Å². The van der Waals surface area contributed by atoms with Gasteiger partial charge in [-0.15, -0.1) is 22.7 Å². The summed E-state index contributed by atoms with van der Waals surface area (Å²) >= 11 is 3.71. The summed E-state index contributed by atoms with van der Waals surface area (Å²) in [4.78, 5) is 9.77. The molecule has 2 atom stereocenters. The van der Waals surface area contributed by atoms with Crippen LogP contribution in [0.5, 0.6) is 0 Å². The third kappa shape index (κ3) is 10.4. The maximum atomic E-state index is 7.64. The second-order valence-corrected chi connectivity index (χ2v) is 38.3. The SMILES string of the molecule is c1ccc(N(c2ccc3c(c2)C2(c4ccccc4-c4ccc(N(c5ccccc5)c5cccc6c5oc5cccc(-c7cc(N(c8ccccc8)c8ccc9c(c8)C8(c%10ccccc%10-c%10ccc(N(c%11ccccc%11)c%11cccc%12c%11sc%11ccccc%11%12)cc%108)c8oc%10ccccc%10c8-9)c8sc9ccccc9c8c7)c56)cc42)c2oc4ccccc4c2-3)c2cccc3c2oc2ccccc23)cc1. The van der Waals surface area contributed by atoms with E-state index in [0.717, 1.165) is 212 Å². The molecule has 30 rings (SSSR count). The Balaban J connectivity index is 0.603. The normalized spacial score (nSPS) is 14.7. The second kappa shape index (κ2) is 28.6. The summed E-state index contributed by atoms with van der Waals surface area (Å²) in [7, 11) is 0. The van der Waals surface area contributed by atoms with E-state index in [9.17, 15) is 0 Å². The van der Waals surface area contributed by atoms with Crippen molar-refractivity contribution < 1.29 is 17.7 Å². The van der Waals surface area contributed by atoms with Crippen LogP contribution >= 0.6 is 22.7 Å². The van der Waals surface area contributed by atoms with Gasteiger partial charge in [-0.05, 0) is 242 Å². The lowest BCUT2D eigenvalue weighted by molar-refractivity contribution is 0.506. The van der Waals surface area contributed by atoms with Gasteiger partial charge in [0.05, 0.1) is 32.1 Å². The van der Waals surface area contributed by atoms with Crippen LogP contribution in [0.2, 0.25) is 0 Å². The first kappa shape index (κ1) is 75.4. The smallest absolute Gasteiger partial charge is 0.159 e. The number of fused-ring (bicyclic) bond motifs is 36. The van der Waals surface area contributed by atoms with E-state index in [0.29, 0.717) is 0 Å². The number of thiophene rings is 2. The van der Waals surface area contributed by atoms with Gasteiger partial charge in [0.15, 0.2) is 11.2 Å². The van der Waals surface area contributed by atoms with Crippen molar-refractivity contribution in [1.29, 1.82) is 0 Å². The molecule has 26 aromatic rings. The molecule has 0 amide bonds. The Hall–Kier alpha value is -17.3. The number of nitrogens with zero attached hydrogens (tertiary/aromatic N) is 4. The van der Waals surface area contributed by atoms with Gasteiger partial charge in [-0.1, -0.05) is 285 Å². The highest BCUT2D eigenvalue weighted by atomic mass is 32.1. The standard InChI is InChI=1S/C126H74N4O4S2/c1-5-31-76(32-6-1)127(106-52-27-47-92-89-41-15-22-55-110(89)131-119(92)106)81-63-67-94-104(73-81)125(123-117(94)96-44-16-23-56-111(96)133-123)100-50-20-13-39-85(100)87-65-61-80(71-102(87)125)128(77-33-7-2-8-34-77)107-53-29-49-98-116-84(46-30-58-113(116)132-120(98)107)75-69-99-91-43-19-26-60-115(91)136-122(99)109(70-75)130(79-37-11-4-12-38-79)83-64-68-95-105(74-83)126(124-118(95)97-45-17-24-57-112(97)134-124)101-51-21-14-40-86(101)88-66-62-82(72-103(88)126)129(78-35-9-3-10-36-78)108-54-28-48-93-90-42-18-25-59-114(90)135-121(93)108/h1-74H. The first-order valence-corrected chi connectivity index (χ1v) is 48.0. The van der Waals surface area contributed by atoms with Gasteiger partial charge in [-0.3, -0.25) is 0 Å². The summed E-state index contributed by atoms with van der Waals surface area (Å²) < 4.78 is 34.7. The zero-order valence-electron chi connectivity index (χ0n) is 73.0. The topological polar surface area (TPSA) is 65.5 Å². The van der Waals surface area contributed by atoms with Crippen molar-refractivity contribution in [3.05, 3.63) is 494 Å². The molecule has 634 valence electrons. The van der Waals surface area contributed by atoms with E-state index in [-0.39, 0.29) is 0 Å². The fourth-order valence-corrected chi connectivity index (χ4v) is 26.3. The Bertz CT molecular complexity index is 9580. The van der Waals surface area contributed by atoms with Crippen LogP contribution < -0.4 is 19.6 Å². The van der Waals surface area contributed by atoms with Crippen LogP contribution in [0.15, 0.2) is 467 Å². The third-order valence-corrected chi connectivity index (χ3v) is 31.8. The fourth-order valence-electron chi connectivity index (χ4n) is 23.9. The Morgan fingerprint density at radius 2 is 0.529 bits per heavy atom. The van der Waals surface area contributed by atoms with Crippen LogP contribution in [0, 0.1) is 0 Å². The summed E-state index contributed by atoms with van der Waals surface area (Å²) in [6.07, 6.45) is 0. The summed E-state index contributed by atoms with van der Waals surface area (Å²) in [6.45, 7) is 0. The molecule has 20 aromatic carbocycles. The van der Waals surface area contributed by atoms with Crippen molar-refractivity contribution in [2.24, 2.45) is 0 Å². The molecule has 2 spiro atoms. The van der Waals surface area contributed by atoms with Crippen molar-refractivity contribution in [1.82, 2.24) is 0 Å². The maximum absolute atomic E-state index is 7.64. The molecule has 4 aliphatic carbocycles. The zero-order chi connectivity index (χ0) is 88.7. The monoisotopic (exact) mass is 1770 g/mol. The van der Waals surface area contributed by atoms with Crippen LogP contribution in [0.3, 0.4) is 0 Å². The minimum Gasteiger partial charge on any atom is -0.459 e. The molecule has 8 nitrogen and oxygen atoms in total. The molecular weight excluding hydrogens is 1700 g/mol. The van der Waals surface area contributed by atoms with Gasteiger partial charge in [-0.25, -0.2) is 0 Å². The first-order chi connectivity index (χ1) is 67.5. The Kier molecular flexibility index (Phi) is 15.9. The number of hydrogen-bond donors (Lipinski definition) is 0. The van der Waals surface area contributed by atoms with Gasteiger partial charge in [0.1, 0.15) is 44.7 Å². The number of benzene rings is 20. The molecule has 0 saturated carbocycles. The third-order valence-electron chi connectivity index (χ3n) is 29.4. The molecule has 0 saturated heterocycles. The van der Waals surface area contributed by atoms with E-state index in [2.05, 4.69) is 462 Å². The molecule has 2 unspecified atom stereocenters. The summed E-state index contributed by atoms with van der Waals surface area (Å²) in [5, 5.41) is 11.2. The molecular formula is C126H74N4O4S2. The molecule has 0 radical (unpaired) electrons. The summed E-state index contributed by atoms with van der Waals surface area (Å²) in [5.41, 5.74) is 33.4. The van der Waals surface area contributed by atoms with E-state index >= 15 is 0 Å². The molecule has 6 heterocycles. The number of anilines is 12. The molecule has 136 heavy (non-hydrogen) atoms. The van der Waals surface area contributed by atoms with Gasteiger partial charge in [0.25, 0.3) is 0 Å². The minimum absolute atomic E-state index is 0.763. The summed E-state index contributed by atoms with van der Waals surface area (Å²) in [6, 6.07) is 165. The highest BCUT2D eigenvalue weighted by Gasteiger charge is 2.58. The summed E-state index contributed by atoms with van der Waals surface area (Å²) in [5.74, 6) is 1.83. The van der Waals surface area contributed by atoms with Crippen molar-refractivity contribution in [2.45, 2.75) is 10.8 Å². The lowest BCUT2D eigenvalue weighted by Gasteiger charge is -2.32. The maximum Gasteiger partial charge on any atom is 0.159 e. The first-order valence-electron chi connectivity index (χ1n) is 46.4. The minimum atomic E-state index is -0.938. The molecule has 4 aliphatic rings.